The first kappa shape index (κ1) is 13.5. The average Bonchev–Trinajstić information content (AvgIpc) is 2.55. The van der Waals surface area contributed by atoms with Crippen molar-refractivity contribution in [3.63, 3.8) is 0 Å². The van der Waals surface area contributed by atoms with Crippen LogP contribution in [0.3, 0.4) is 0 Å². The summed E-state index contributed by atoms with van der Waals surface area (Å²) >= 11 is 0. The molecule has 3 heterocycles. The van der Waals surface area contributed by atoms with E-state index in [0.717, 1.165) is 42.7 Å². The van der Waals surface area contributed by atoms with Crippen LogP contribution < -0.4 is 5.32 Å². The molecule has 0 saturated heterocycles. The summed E-state index contributed by atoms with van der Waals surface area (Å²) in [5, 5.41) is 4.43. The molecule has 0 amide bonds. The number of hydrogen-bond acceptors (Lipinski definition) is 4. The monoisotopic (exact) mass is 278 g/mol. The molecule has 0 aliphatic carbocycles. The van der Waals surface area contributed by atoms with Crippen LogP contribution in [0.15, 0.2) is 55.0 Å². The Morgan fingerprint density at radius 1 is 0.952 bits per heavy atom. The van der Waals surface area contributed by atoms with Gasteiger partial charge in [-0.1, -0.05) is 6.07 Å². The van der Waals surface area contributed by atoms with Gasteiger partial charge in [-0.2, -0.15) is 0 Å². The van der Waals surface area contributed by atoms with Crippen LogP contribution >= 0.6 is 0 Å². The maximum absolute atomic E-state index is 4.50. The van der Waals surface area contributed by atoms with Gasteiger partial charge in [0.2, 0.25) is 0 Å². The lowest BCUT2D eigenvalue weighted by Gasteiger charge is -2.06. The second kappa shape index (κ2) is 6.79. The molecule has 0 bridgehead atoms. The van der Waals surface area contributed by atoms with Gasteiger partial charge >= 0.3 is 0 Å². The summed E-state index contributed by atoms with van der Waals surface area (Å²) in [4.78, 5) is 12.9. The molecule has 3 aromatic rings. The summed E-state index contributed by atoms with van der Waals surface area (Å²) in [5.41, 5.74) is 2.09. The fraction of sp³-hybridized carbons (Fsp3) is 0.235. The molecule has 1 N–H and O–H groups in total. The van der Waals surface area contributed by atoms with Crippen LogP contribution in [0.25, 0.3) is 11.0 Å². The molecule has 0 unspecified atom stereocenters. The molecular formula is C17H18N4. The third kappa shape index (κ3) is 3.75. The van der Waals surface area contributed by atoms with Gasteiger partial charge < -0.3 is 5.32 Å². The molecule has 4 nitrogen and oxygen atoms in total. The first-order valence-electron chi connectivity index (χ1n) is 7.26. The zero-order valence-electron chi connectivity index (χ0n) is 11.9. The third-order valence-electron chi connectivity index (χ3n) is 3.39. The van der Waals surface area contributed by atoms with Gasteiger partial charge in [-0.25, -0.2) is 9.97 Å². The molecule has 0 aliphatic rings. The van der Waals surface area contributed by atoms with E-state index in [1.54, 1.807) is 6.20 Å². The molecule has 106 valence electrons. The largest absolute Gasteiger partial charge is 0.370 e. The van der Waals surface area contributed by atoms with Crippen LogP contribution in [0.1, 0.15) is 18.4 Å². The molecule has 0 aliphatic heterocycles. The zero-order chi connectivity index (χ0) is 14.3. The molecule has 0 spiro atoms. The Morgan fingerprint density at radius 3 is 2.81 bits per heavy atom. The van der Waals surface area contributed by atoms with E-state index in [4.69, 9.17) is 0 Å². The number of nitrogens with zero attached hydrogens (tertiary/aromatic N) is 3. The summed E-state index contributed by atoms with van der Waals surface area (Å²) in [7, 11) is 0. The summed E-state index contributed by atoms with van der Waals surface area (Å²) in [6, 6.07) is 12.1. The zero-order valence-corrected chi connectivity index (χ0v) is 11.9. The van der Waals surface area contributed by atoms with Crippen LogP contribution in [0.4, 0.5) is 5.82 Å². The molecule has 0 fully saturated rings. The van der Waals surface area contributed by atoms with E-state index in [0.29, 0.717) is 0 Å². The van der Waals surface area contributed by atoms with Crippen LogP contribution in [0.5, 0.6) is 0 Å². The molecule has 4 heteroatoms. The lowest BCUT2D eigenvalue weighted by Crippen LogP contribution is -2.04. The van der Waals surface area contributed by atoms with Gasteiger partial charge in [0.1, 0.15) is 5.82 Å². The SMILES string of the molecule is c1cncc(CCCCNc2ccc3cccnc3n2)c1. The van der Waals surface area contributed by atoms with E-state index in [2.05, 4.69) is 26.3 Å². The Morgan fingerprint density at radius 2 is 1.90 bits per heavy atom. The van der Waals surface area contributed by atoms with Gasteiger partial charge in [0.15, 0.2) is 5.65 Å². The van der Waals surface area contributed by atoms with E-state index in [-0.39, 0.29) is 0 Å². The predicted octanol–water partition coefficient (Wildman–Crippen LogP) is 3.46. The van der Waals surface area contributed by atoms with Crippen molar-refractivity contribution in [2.75, 3.05) is 11.9 Å². The van der Waals surface area contributed by atoms with E-state index < -0.39 is 0 Å². The highest BCUT2D eigenvalue weighted by atomic mass is 15.0. The quantitative estimate of drug-likeness (QED) is 0.702. The van der Waals surface area contributed by atoms with Gasteiger partial charge in [0.05, 0.1) is 0 Å². The number of pyridine rings is 3. The molecule has 0 aromatic carbocycles. The fourth-order valence-corrected chi connectivity index (χ4v) is 2.27. The summed E-state index contributed by atoms with van der Waals surface area (Å²) in [6.07, 6.45) is 8.84. The van der Waals surface area contributed by atoms with Crippen molar-refractivity contribution >= 4 is 16.9 Å². The Kier molecular flexibility index (Phi) is 4.36. The summed E-state index contributed by atoms with van der Waals surface area (Å²) < 4.78 is 0. The number of aromatic nitrogens is 3. The predicted molar refractivity (Wildman–Crippen MR) is 85.2 cm³/mol. The van der Waals surface area contributed by atoms with Gasteiger partial charge in [0.25, 0.3) is 0 Å². The molecule has 0 atom stereocenters. The van der Waals surface area contributed by atoms with Crippen molar-refractivity contribution in [2.45, 2.75) is 19.3 Å². The highest BCUT2D eigenvalue weighted by Gasteiger charge is 1.98. The second-order valence-corrected chi connectivity index (χ2v) is 4.99. The van der Waals surface area contributed by atoms with Gasteiger partial charge in [0, 0.05) is 30.5 Å². The lowest BCUT2D eigenvalue weighted by molar-refractivity contribution is 0.759. The first-order chi connectivity index (χ1) is 10.4. The van der Waals surface area contributed by atoms with E-state index in [1.807, 2.05) is 42.7 Å². The Labute approximate surface area is 124 Å². The first-order valence-corrected chi connectivity index (χ1v) is 7.26. The highest BCUT2D eigenvalue weighted by Crippen LogP contribution is 2.12. The minimum Gasteiger partial charge on any atom is -0.370 e. The lowest BCUT2D eigenvalue weighted by atomic mass is 10.1. The van der Waals surface area contributed by atoms with Crippen molar-refractivity contribution in [1.82, 2.24) is 15.0 Å². The topological polar surface area (TPSA) is 50.7 Å². The Balaban J connectivity index is 1.46. The van der Waals surface area contributed by atoms with E-state index >= 15 is 0 Å². The number of unbranched alkanes of at least 4 members (excludes halogenated alkanes) is 1. The maximum atomic E-state index is 4.50. The number of hydrogen-bond donors (Lipinski definition) is 1. The standard InChI is InChI=1S/C17H18N4/c1(5-14-6-3-10-18-13-14)2-11-19-16-9-8-15-7-4-12-20-17(15)21-16/h3-4,6-10,12-13H,1-2,5,11H2,(H,19,20,21). The minimum absolute atomic E-state index is 0.790. The molecule has 0 radical (unpaired) electrons. The van der Waals surface area contributed by atoms with Gasteiger partial charge in [-0.05, 0) is 55.2 Å². The van der Waals surface area contributed by atoms with Crippen molar-refractivity contribution in [3.8, 4) is 0 Å². The van der Waals surface area contributed by atoms with Crippen LogP contribution in [0.2, 0.25) is 0 Å². The van der Waals surface area contributed by atoms with Crippen LogP contribution in [0, 0.1) is 0 Å². The Bertz CT molecular complexity index is 697. The van der Waals surface area contributed by atoms with Crippen molar-refractivity contribution in [2.24, 2.45) is 0 Å². The number of anilines is 1. The van der Waals surface area contributed by atoms with Crippen LogP contribution in [-0.4, -0.2) is 21.5 Å². The normalized spacial score (nSPS) is 10.7. The Hall–Kier alpha value is -2.49. The number of rotatable bonds is 6. The van der Waals surface area contributed by atoms with Gasteiger partial charge in [-0.15, -0.1) is 0 Å². The summed E-state index contributed by atoms with van der Waals surface area (Å²) in [5.74, 6) is 0.891. The van der Waals surface area contributed by atoms with Gasteiger partial charge in [-0.3, -0.25) is 4.98 Å². The van der Waals surface area contributed by atoms with E-state index in [1.165, 1.54) is 5.56 Å². The van der Waals surface area contributed by atoms with Crippen molar-refractivity contribution < 1.29 is 0 Å². The summed E-state index contributed by atoms with van der Waals surface area (Å²) in [6.45, 7) is 0.922. The molecule has 21 heavy (non-hydrogen) atoms. The second-order valence-electron chi connectivity index (χ2n) is 4.99. The van der Waals surface area contributed by atoms with Crippen LogP contribution in [-0.2, 0) is 6.42 Å². The highest BCUT2D eigenvalue weighted by molar-refractivity contribution is 5.76. The van der Waals surface area contributed by atoms with E-state index in [9.17, 15) is 0 Å². The fourth-order valence-electron chi connectivity index (χ4n) is 2.27. The number of nitrogens with one attached hydrogen (secondary N) is 1. The molecule has 0 saturated carbocycles. The smallest absolute Gasteiger partial charge is 0.161 e. The average molecular weight is 278 g/mol. The minimum atomic E-state index is 0.790. The third-order valence-corrected chi connectivity index (χ3v) is 3.39. The molecule has 3 aromatic heterocycles. The molecule has 3 rings (SSSR count). The molecular weight excluding hydrogens is 260 g/mol. The number of aryl methyl sites for hydroxylation is 1. The maximum Gasteiger partial charge on any atom is 0.161 e. The van der Waals surface area contributed by atoms with Crippen molar-refractivity contribution in [3.05, 3.63) is 60.6 Å². The van der Waals surface area contributed by atoms with Crippen molar-refractivity contribution in [1.29, 1.82) is 0 Å². The number of fused-ring (bicyclic) bond motifs is 1.